The highest BCUT2D eigenvalue weighted by molar-refractivity contribution is 5.76. The van der Waals surface area contributed by atoms with Crippen LogP contribution < -0.4 is 5.32 Å². The van der Waals surface area contributed by atoms with Crippen LogP contribution in [0.15, 0.2) is 54.7 Å². The molecule has 1 aromatic heterocycles. The van der Waals surface area contributed by atoms with Gasteiger partial charge in [-0.2, -0.15) is 0 Å². The van der Waals surface area contributed by atoms with Crippen LogP contribution in [0, 0.1) is 23.5 Å². The average molecular weight is 541 g/mol. The minimum atomic E-state index is -1.05. The highest BCUT2D eigenvalue weighted by Crippen LogP contribution is 2.38. The number of rotatable bonds is 9. The van der Waals surface area contributed by atoms with E-state index in [-0.39, 0.29) is 42.8 Å². The van der Waals surface area contributed by atoms with Crippen molar-refractivity contribution in [3.05, 3.63) is 77.8 Å². The molecule has 2 aliphatic rings. The van der Waals surface area contributed by atoms with E-state index in [1.807, 2.05) is 34.9 Å². The van der Waals surface area contributed by atoms with E-state index in [4.69, 9.17) is 9.72 Å². The molecule has 2 aliphatic heterocycles. The van der Waals surface area contributed by atoms with Gasteiger partial charge in [0.15, 0.2) is 0 Å². The molecular formula is C30H35F3N4O2. The van der Waals surface area contributed by atoms with Gasteiger partial charge in [-0.15, -0.1) is 0 Å². The Kier molecular flexibility index (Phi) is 8.67. The summed E-state index contributed by atoms with van der Waals surface area (Å²) in [4.78, 5) is 20.2. The lowest BCUT2D eigenvalue weighted by Crippen LogP contribution is -2.45. The van der Waals surface area contributed by atoms with Gasteiger partial charge in [0.1, 0.15) is 23.6 Å². The van der Waals surface area contributed by atoms with Gasteiger partial charge in [0.05, 0.1) is 11.7 Å². The first-order chi connectivity index (χ1) is 18.9. The number of carbonyl (C=O) groups is 1. The number of hydrogen-bond donors (Lipinski definition) is 1. The molecule has 0 aliphatic carbocycles. The van der Waals surface area contributed by atoms with Crippen LogP contribution in [0.1, 0.15) is 43.6 Å². The number of imidazole rings is 1. The Labute approximate surface area is 227 Å². The molecule has 1 amide bonds. The molecule has 1 N–H and O–H groups in total. The van der Waals surface area contributed by atoms with Crippen molar-refractivity contribution in [2.75, 3.05) is 32.8 Å². The zero-order valence-corrected chi connectivity index (χ0v) is 22.2. The topological polar surface area (TPSA) is 59.4 Å². The summed E-state index contributed by atoms with van der Waals surface area (Å²) in [5.41, 5.74) is 1.36. The second-order valence-electron chi connectivity index (χ2n) is 10.5. The summed E-state index contributed by atoms with van der Waals surface area (Å²) in [5.74, 6) is -0.944. The summed E-state index contributed by atoms with van der Waals surface area (Å²) in [6.07, 6.45) is 2.37. The summed E-state index contributed by atoms with van der Waals surface area (Å²) in [6, 6.07) is 12.6. The number of amides is 1. The molecule has 2 aromatic carbocycles. The number of halogens is 3. The first-order valence-corrected chi connectivity index (χ1v) is 13.7. The SMILES string of the molecule is CCC(=O)N(C[C@@H]1CNC[C@@H]1F)C(c1nc(-c2cc(F)ccc2F)cn1Cc1ccccc1)C1CCOCC1. The molecule has 2 fully saturated rings. The van der Waals surface area contributed by atoms with E-state index in [0.29, 0.717) is 50.7 Å². The molecule has 5 rings (SSSR count). The van der Waals surface area contributed by atoms with Crippen molar-refractivity contribution in [3.63, 3.8) is 0 Å². The summed E-state index contributed by atoms with van der Waals surface area (Å²) >= 11 is 0. The van der Waals surface area contributed by atoms with Crippen LogP contribution in [0.5, 0.6) is 0 Å². The van der Waals surface area contributed by atoms with Gasteiger partial charge in [-0.1, -0.05) is 37.3 Å². The Morgan fingerprint density at radius 2 is 1.92 bits per heavy atom. The first-order valence-electron chi connectivity index (χ1n) is 13.7. The van der Waals surface area contributed by atoms with Crippen LogP contribution in [0.3, 0.4) is 0 Å². The van der Waals surface area contributed by atoms with Crippen LogP contribution in [-0.4, -0.2) is 59.4 Å². The number of alkyl halides is 1. The van der Waals surface area contributed by atoms with E-state index in [1.165, 1.54) is 0 Å². The third-order valence-electron chi connectivity index (χ3n) is 7.83. The molecule has 0 bridgehead atoms. The van der Waals surface area contributed by atoms with Gasteiger partial charge in [0.25, 0.3) is 0 Å². The highest BCUT2D eigenvalue weighted by atomic mass is 19.1. The Morgan fingerprint density at radius 1 is 1.15 bits per heavy atom. The van der Waals surface area contributed by atoms with Crippen LogP contribution in [0.2, 0.25) is 0 Å². The van der Waals surface area contributed by atoms with Gasteiger partial charge in [0.2, 0.25) is 5.91 Å². The summed E-state index contributed by atoms with van der Waals surface area (Å²) in [5, 5.41) is 3.09. The van der Waals surface area contributed by atoms with Crippen LogP contribution in [0.25, 0.3) is 11.3 Å². The maximum atomic E-state index is 14.9. The van der Waals surface area contributed by atoms with Crippen molar-refractivity contribution in [2.24, 2.45) is 11.8 Å². The van der Waals surface area contributed by atoms with Gasteiger partial charge in [-0.3, -0.25) is 4.79 Å². The van der Waals surface area contributed by atoms with E-state index in [9.17, 15) is 18.0 Å². The van der Waals surface area contributed by atoms with E-state index >= 15 is 0 Å². The van der Waals surface area contributed by atoms with Crippen molar-refractivity contribution < 1.29 is 22.7 Å². The maximum absolute atomic E-state index is 14.9. The summed E-state index contributed by atoms with van der Waals surface area (Å²) in [6.45, 7) is 4.36. The first kappa shape index (κ1) is 27.4. The molecule has 9 heteroatoms. The molecule has 1 unspecified atom stereocenters. The van der Waals surface area contributed by atoms with Gasteiger partial charge >= 0.3 is 0 Å². The molecule has 39 heavy (non-hydrogen) atoms. The molecule has 0 radical (unpaired) electrons. The van der Waals surface area contributed by atoms with E-state index in [0.717, 1.165) is 23.8 Å². The second kappa shape index (κ2) is 12.3. The molecule has 3 heterocycles. The third-order valence-corrected chi connectivity index (χ3v) is 7.83. The van der Waals surface area contributed by atoms with Crippen molar-refractivity contribution in [2.45, 2.75) is 44.9 Å². The number of nitrogens with one attached hydrogen (secondary N) is 1. The lowest BCUT2D eigenvalue weighted by atomic mass is 9.88. The number of nitrogens with zero attached hydrogens (tertiary/aromatic N) is 3. The van der Waals surface area contributed by atoms with Crippen LogP contribution >= 0.6 is 0 Å². The van der Waals surface area contributed by atoms with Gasteiger partial charge < -0.3 is 19.5 Å². The molecule has 0 spiro atoms. The monoisotopic (exact) mass is 540 g/mol. The lowest BCUT2D eigenvalue weighted by Gasteiger charge is -2.40. The molecule has 6 nitrogen and oxygen atoms in total. The average Bonchev–Trinajstić information content (AvgIpc) is 3.56. The molecule has 3 atom stereocenters. The Bertz CT molecular complexity index is 1260. The minimum absolute atomic E-state index is 0.0174. The molecule has 0 saturated carbocycles. The fourth-order valence-corrected chi connectivity index (χ4v) is 5.74. The molecule has 2 saturated heterocycles. The smallest absolute Gasteiger partial charge is 0.222 e. The molecule has 3 aromatic rings. The van der Waals surface area contributed by atoms with Crippen molar-refractivity contribution in [3.8, 4) is 11.3 Å². The predicted molar refractivity (Wildman–Crippen MR) is 143 cm³/mol. The molecule has 208 valence electrons. The normalized spacial score (nSPS) is 20.7. The van der Waals surface area contributed by atoms with Gasteiger partial charge in [-0.25, -0.2) is 18.2 Å². The zero-order valence-electron chi connectivity index (χ0n) is 22.2. The van der Waals surface area contributed by atoms with Gasteiger partial charge in [0, 0.05) is 63.5 Å². The number of ether oxygens (including phenoxy) is 1. The van der Waals surface area contributed by atoms with Crippen LogP contribution in [0.4, 0.5) is 13.2 Å². The number of aromatic nitrogens is 2. The summed E-state index contributed by atoms with van der Waals surface area (Å²) < 4.78 is 51.4. The van der Waals surface area contributed by atoms with Crippen molar-refractivity contribution >= 4 is 5.91 Å². The molecular weight excluding hydrogens is 505 g/mol. The van der Waals surface area contributed by atoms with Crippen molar-refractivity contribution in [1.29, 1.82) is 0 Å². The van der Waals surface area contributed by atoms with Crippen molar-refractivity contribution in [1.82, 2.24) is 19.8 Å². The minimum Gasteiger partial charge on any atom is -0.381 e. The summed E-state index contributed by atoms with van der Waals surface area (Å²) in [7, 11) is 0. The van der Waals surface area contributed by atoms with E-state index < -0.39 is 23.8 Å². The Morgan fingerprint density at radius 3 is 2.62 bits per heavy atom. The fourth-order valence-electron chi connectivity index (χ4n) is 5.74. The van der Waals surface area contributed by atoms with Crippen LogP contribution in [-0.2, 0) is 16.1 Å². The largest absolute Gasteiger partial charge is 0.381 e. The third kappa shape index (κ3) is 6.20. The van der Waals surface area contributed by atoms with E-state index in [2.05, 4.69) is 5.32 Å². The lowest BCUT2D eigenvalue weighted by molar-refractivity contribution is -0.137. The fraction of sp³-hybridized carbons (Fsp3) is 0.467. The predicted octanol–water partition coefficient (Wildman–Crippen LogP) is 5.14. The number of carbonyl (C=O) groups excluding carboxylic acids is 1. The Balaban J connectivity index is 1.64. The second-order valence-corrected chi connectivity index (χ2v) is 10.5. The number of benzene rings is 2. The zero-order chi connectivity index (χ0) is 27.4. The standard InChI is InChI=1S/C30H35F3N4O2/c1-2-28(38)37(18-22-15-34-16-26(22)33)29(21-10-12-39-13-11-21)30-35-27(24-14-23(31)8-9-25(24)32)19-36(30)17-20-6-4-3-5-7-20/h3-9,14,19,21-22,26,29,34H,2,10-13,15-18H2,1H3/t22-,26-,29?/m0/s1. The quantitative estimate of drug-likeness (QED) is 0.408. The Hall–Kier alpha value is -3.17. The highest BCUT2D eigenvalue weighted by Gasteiger charge is 2.39. The van der Waals surface area contributed by atoms with E-state index in [1.54, 1.807) is 18.0 Å². The number of hydrogen-bond acceptors (Lipinski definition) is 4. The van der Waals surface area contributed by atoms with Gasteiger partial charge in [-0.05, 0) is 42.5 Å². The maximum Gasteiger partial charge on any atom is 0.222 e.